The van der Waals surface area contributed by atoms with E-state index in [1.54, 1.807) is 12.1 Å². The van der Waals surface area contributed by atoms with Crippen LogP contribution in [-0.4, -0.2) is 29.2 Å². The van der Waals surface area contributed by atoms with Gasteiger partial charge < -0.3 is 5.32 Å². The van der Waals surface area contributed by atoms with Gasteiger partial charge in [0.05, 0.1) is 11.8 Å². The van der Waals surface area contributed by atoms with Crippen LogP contribution in [0.1, 0.15) is 6.42 Å². The number of fused-ring (bicyclic) bond motifs is 5. The second-order valence-corrected chi connectivity index (χ2v) is 7.23. The van der Waals surface area contributed by atoms with Gasteiger partial charge in [-0.25, -0.2) is 0 Å². The Hall–Kier alpha value is -1.95. The monoisotopic (exact) mass is 374 g/mol. The molecule has 2 aliphatic carbocycles. The first kappa shape index (κ1) is 14.6. The molecule has 1 aromatic rings. The van der Waals surface area contributed by atoms with Crippen LogP contribution in [0.4, 0.5) is 5.69 Å². The Balaban J connectivity index is 1.45. The van der Waals surface area contributed by atoms with E-state index in [2.05, 4.69) is 21.2 Å². The van der Waals surface area contributed by atoms with Crippen molar-refractivity contribution in [3.05, 3.63) is 40.9 Å². The Morgan fingerprint density at radius 2 is 1.65 bits per heavy atom. The van der Waals surface area contributed by atoms with Gasteiger partial charge >= 0.3 is 0 Å². The third-order valence-corrected chi connectivity index (χ3v) is 5.52. The molecule has 1 heterocycles. The summed E-state index contributed by atoms with van der Waals surface area (Å²) in [7, 11) is 0. The summed E-state index contributed by atoms with van der Waals surface area (Å²) in [6, 6.07) is 7.15. The highest BCUT2D eigenvalue weighted by Gasteiger charge is 2.59. The minimum Gasteiger partial charge on any atom is -0.325 e. The van der Waals surface area contributed by atoms with Crippen molar-refractivity contribution in [1.29, 1.82) is 0 Å². The lowest BCUT2D eigenvalue weighted by molar-refractivity contribution is -0.143. The molecular formula is C17H15BrN2O3. The highest BCUT2D eigenvalue weighted by atomic mass is 79.9. The molecule has 3 aliphatic rings. The molecule has 5 nitrogen and oxygen atoms in total. The lowest BCUT2D eigenvalue weighted by Crippen LogP contribution is -2.39. The summed E-state index contributed by atoms with van der Waals surface area (Å²) in [6.07, 6.45) is 4.98. The number of likely N-dealkylation sites (tertiary alicyclic amines) is 1. The molecule has 0 radical (unpaired) electrons. The van der Waals surface area contributed by atoms with Crippen LogP contribution < -0.4 is 5.32 Å². The van der Waals surface area contributed by atoms with Gasteiger partial charge in [-0.1, -0.05) is 28.1 Å². The van der Waals surface area contributed by atoms with Gasteiger partial charge in [0.2, 0.25) is 17.7 Å². The van der Waals surface area contributed by atoms with Crippen molar-refractivity contribution >= 4 is 39.3 Å². The van der Waals surface area contributed by atoms with Crippen LogP contribution in [0.2, 0.25) is 0 Å². The first-order valence-corrected chi connectivity index (χ1v) is 8.43. The number of nitrogens with zero attached hydrogens (tertiary/aromatic N) is 1. The number of nitrogens with one attached hydrogen (secondary N) is 1. The molecule has 1 saturated carbocycles. The lowest BCUT2D eigenvalue weighted by Gasteiger charge is -2.16. The van der Waals surface area contributed by atoms with Crippen molar-refractivity contribution in [2.45, 2.75) is 6.42 Å². The molecule has 0 aromatic heterocycles. The average molecular weight is 375 g/mol. The molecule has 23 heavy (non-hydrogen) atoms. The summed E-state index contributed by atoms with van der Waals surface area (Å²) >= 11 is 3.33. The van der Waals surface area contributed by atoms with Gasteiger partial charge in [-0.3, -0.25) is 19.3 Å². The predicted octanol–water partition coefficient (Wildman–Crippen LogP) is 2.19. The van der Waals surface area contributed by atoms with Crippen LogP contribution in [0, 0.1) is 23.7 Å². The highest BCUT2D eigenvalue weighted by Crippen LogP contribution is 2.52. The van der Waals surface area contributed by atoms with Crippen LogP contribution in [0.15, 0.2) is 40.9 Å². The fourth-order valence-electron chi connectivity index (χ4n) is 4.00. The minimum atomic E-state index is -0.352. The smallest absolute Gasteiger partial charge is 0.244 e. The van der Waals surface area contributed by atoms with Crippen molar-refractivity contribution in [1.82, 2.24) is 4.90 Å². The number of anilines is 1. The van der Waals surface area contributed by atoms with Gasteiger partial charge in [0, 0.05) is 10.2 Å². The molecule has 118 valence electrons. The standard InChI is InChI=1S/C17H15BrN2O3/c18-11-3-5-12(6-4-11)19-13(21)8-20-16(22)14-9-1-2-10(7-9)15(14)17(20)23/h1-6,9-10,14-15H,7-8H2,(H,19,21)/t9-,10+,14-,15+. The summed E-state index contributed by atoms with van der Waals surface area (Å²) in [6.45, 7) is -0.208. The van der Waals surface area contributed by atoms with Crippen LogP contribution >= 0.6 is 15.9 Å². The molecule has 1 aromatic carbocycles. The number of amides is 3. The van der Waals surface area contributed by atoms with Crippen LogP contribution in [0.5, 0.6) is 0 Å². The minimum absolute atomic E-state index is 0.168. The van der Waals surface area contributed by atoms with Crippen molar-refractivity contribution in [2.24, 2.45) is 23.7 Å². The molecule has 4 atom stereocenters. The second kappa shape index (κ2) is 5.30. The summed E-state index contributed by atoms with van der Waals surface area (Å²) in [4.78, 5) is 38.3. The number of allylic oxidation sites excluding steroid dienone is 2. The van der Waals surface area contributed by atoms with Gasteiger partial charge in [-0.05, 0) is 42.5 Å². The predicted molar refractivity (Wildman–Crippen MR) is 87.2 cm³/mol. The van der Waals surface area contributed by atoms with E-state index in [4.69, 9.17) is 0 Å². The van der Waals surface area contributed by atoms with E-state index < -0.39 is 0 Å². The highest BCUT2D eigenvalue weighted by molar-refractivity contribution is 9.10. The SMILES string of the molecule is O=C(CN1C(=O)[C@@H]2[C@H](C1=O)[C@@H]1C=C[C@H]2C1)Nc1ccc(Br)cc1. The molecule has 2 fully saturated rings. The number of imide groups is 1. The van der Waals surface area contributed by atoms with E-state index in [9.17, 15) is 14.4 Å². The van der Waals surface area contributed by atoms with Crippen LogP contribution in [0.25, 0.3) is 0 Å². The number of hydrogen-bond donors (Lipinski definition) is 1. The molecule has 3 amide bonds. The fraction of sp³-hybridized carbons (Fsp3) is 0.353. The fourth-order valence-corrected chi connectivity index (χ4v) is 4.26. The first-order chi connectivity index (χ1) is 11.0. The maximum Gasteiger partial charge on any atom is 0.244 e. The molecule has 6 heteroatoms. The Morgan fingerprint density at radius 3 is 2.22 bits per heavy atom. The summed E-state index contributed by atoms with van der Waals surface area (Å²) in [5.74, 6) is -0.905. The molecule has 0 spiro atoms. The summed E-state index contributed by atoms with van der Waals surface area (Å²) in [5, 5.41) is 2.72. The number of rotatable bonds is 3. The third kappa shape index (κ3) is 2.32. The normalized spacial score (nSPS) is 30.9. The van der Waals surface area contributed by atoms with E-state index in [1.807, 2.05) is 24.3 Å². The summed E-state index contributed by atoms with van der Waals surface area (Å²) < 4.78 is 0.913. The largest absolute Gasteiger partial charge is 0.325 e. The Labute approximate surface area is 141 Å². The van der Waals surface area contributed by atoms with Gasteiger partial charge in [0.25, 0.3) is 0 Å². The van der Waals surface area contributed by atoms with E-state index in [-0.39, 0.29) is 47.9 Å². The second-order valence-electron chi connectivity index (χ2n) is 6.32. The third-order valence-electron chi connectivity index (χ3n) is 4.99. The number of hydrogen-bond acceptors (Lipinski definition) is 3. The number of halogens is 1. The number of carbonyl (C=O) groups excluding carboxylic acids is 3. The van der Waals surface area contributed by atoms with Gasteiger partial charge in [0.15, 0.2) is 0 Å². The molecule has 2 bridgehead atoms. The zero-order chi connectivity index (χ0) is 16.1. The average Bonchev–Trinajstić information content (AvgIpc) is 3.19. The van der Waals surface area contributed by atoms with Crippen molar-refractivity contribution in [3.8, 4) is 0 Å². The van der Waals surface area contributed by atoms with E-state index in [1.165, 1.54) is 0 Å². The van der Waals surface area contributed by atoms with Crippen molar-refractivity contribution < 1.29 is 14.4 Å². The Morgan fingerprint density at radius 1 is 1.09 bits per heavy atom. The molecule has 4 rings (SSSR count). The molecule has 1 aliphatic heterocycles. The molecular weight excluding hydrogens is 360 g/mol. The van der Waals surface area contributed by atoms with Crippen LogP contribution in [0.3, 0.4) is 0 Å². The van der Waals surface area contributed by atoms with Crippen molar-refractivity contribution in [2.75, 3.05) is 11.9 Å². The van der Waals surface area contributed by atoms with Gasteiger partial charge in [0.1, 0.15) is 6.54 Å². The number of benzene rings is 1. The Bertz CT molecular complexity index is 698. The topological polar surface area (TPSA) is 66.5 Å². The zero-order valence-electron chi connectivity index (χ0n) is 12.2. The summed E-state index contributed by atoms with van der Waals surface area (Å²) in [5.41, 5.74) is 0.638. The molecule has 1 saturated heterocycles. The molecule has 1 N–H and O–H groups in total. The number of carbonyl (C=O) groups is 3. The maximum atomic E-state index is 12.5. The lowest BCUT2D eigenvalue weighted by atomic mass is 9.85. The Kier molecular flexibility index (Phi) is 3.37. The van der Waals surface area contributed by atoms with Crippen LogP contribution in [-0.2, 0) is 14.4 Å². The van der Waals surface area contributed by atoms with Gasteiger partial charge in [-0.15, -0.1) is 0 Å². The first-order valence-electron chi connectivity index (χ1n) is 7.63. The molecule has 0 unspecified atom stereocenters. The van der Waals surface area contributed by atoms with E-state index >= 15 is 0 Å². The van der Waals surface area contributed by atoms with E-state index in [0.717, 1.165) is 15.8 Å². The van der Waals surface area contributed by atoms with Crippen molar-refractivity contribution in [3.63, 3.8) is 0 Å². The van der Waals surface area contributed by atoms with Gasteiger partial charge in [-0.2, -0.15) is 0 Å². The zero-order valence-corrected chi connectivity index (χ0v) is 13.8. The van der Waals surface area contributed by atoms with E-state index in [0.29, 0.717) is 5.69 Å². The maximum absolute atomic E-state index is 12.5. The quantitative estimate of drug-likeness (QED) is 0.651.